The summed E-state index contributed by atoms with van der Waals surface area (Å²) in [5.41, 5.74) is 0.795. The van der Waals surface area contributed by atoms with E-state index in [1.165, 1.54) is 6.07 Å². The Morgan fingerprint density at radius 3 is 2.92 bits per heavy atom. The predicted molar refractivity (Wildman–Crippen MR) is 96.4 cm³/mol. The minimum atomic E-state index is -0.439. The van der Waals surface area contributed by atoms with E-state index in [0.717, 1.165) is 10.9 Å². The number of para-hydroxylation sites is 1. The summed E-state index contributed by atoms with van der Waals surface area (Å²) in [6.07, 6.45) is 0.555. The van der Waals surface area contributed by atoms with E-state index in [1.54, 1.807) is 24.0 Å². The molecular weight excluding hydrogens is 332 g/mol. The predicted octanol–water partition coefficient (Wildman–Crippen LogP) is 2.79. The molecule has 1 fully saturated rings. The summed E-state index contributed by atoms with van der Waals surface area (Å²) in [7, 11) is 0. The van der Waals surface area contributed by atoms with Crippen LogP contribution in [-0.4, -0.2) is 35.0 Å². The number of fused-ring (bicyclic) bond motifs is 1. The molecule has 4 rings (SSSR count). The summed E-state index contributed by atoms with van der Waals surface area (Å²) in [6, 6.07) is 14.4. The van der Waals surface area contributed by atoms with Crippen LogP contribution in [0.3, 0.4) is 0 Å². The summed E-state index contributed by atoms with van der Waals surface area (Å²) in [5.74, 6) is 0.867. The van der Waals surface area contributed by atoms with Gasteiger partial charge in [0.1, 0.15) is 23.3 Å². The number of hydrogen-bond acceptors (Lipinski definition) is 5. The topological polar surface area (TPSA) is 72.6 Å². The maximum absolute atomic E-state index is 12.7. The van der Waals surface area contributed by atoms with Gasteiger partial charge in [-0.1, -0.05) is 24.3 Å². The molecule has 26 heavy (non-hydrogen) atoms. The number of hydrogen-bond donors (Lipinski definition) is 0. The molecule has 0 N–H and O–H groups in total. The number of rotatable bonds is 3. The van der Waals surface area contributed by atoms with Crippen LogP contribution in [-0.2, 0) is 0 Å². The van der Waals surface area contributed by atoms with Crippen molar-refractivity contribution in [2.75, 3.05) is 13.1 Å². The first-order chi connectivity index (χ1) is 12.6. The lowest BCUT2D eigenvalue weighted by molar-refractivity contribution is 0.0767. The summed E-state index contributed by atoms with van der Waals surface area (Å²) >= 11 is 0. The highest BCUT2D eigenvalue weighted by atomic mass is 16.5. The smallest absolute Gasteiger partial charge is 0.339 e. The second-order valence-electron chi connectivity index (χ2n) is 6.39. The van der Waals surface area contributed by atoms with Gasteiger partial charge < -0.3 is 14.1 Å². The highest BCUT2D eigenvalue weighted by Gasteiger charge is 2.29. The maximum atomic E-state index is 12.7. The average Bonchev–Trinajstić information content (AvgIpc) is 3.08. The number of aryl methyl sites for hydroxylation is 1. The zero-order valence-electron chi connectivity index (χ0n) is 14.3. The van der Waals surface area contributed by atoms with Crippen molar-refractivity contribution >= 4 is 16.8 Å². The van der Waals surface area contributed by atoms with Crippen LogP contribution in [0.2, 0.25) is 0 Å². The molecule has 6 nitrogen and oxygen atoms in total. The first-order valence-corrected chi connectivity index (χ1v) is 8.52. The Balaban J connectivity index is 1.47. The van der Waals surface area contributed by atoms with Gasteiger partial charge in [0.15, 0.2) is 0 Å². The summed E-state index contributed by atoms with van der Waals surface area (Å²) in [5, 5.41) is 1.00. The highest BCUT2D eigenvalue weighted by molar-refractivity contribution is 5.95. The zero-order chi connectivity index (χ0) is 18.1. The van der Waals surface area contributed by atoms with Crippen molar-refractivity contribution in [2.45, 2.75) is 19.4 Å². The Labute approximate surface area is 150 Å². The van der Waals surface area contributed by atoms with Crippen molar-refractivity contribution in [3.63, 3.8) is 0 Å². The zero-order valence-corrected chi connectivity index (χ0v) is 14.3. The van der Waals surface area contributed by atoms with Crippen molar-refractivity contribution < 1.29 is 13.9 Å². The average molecular weight is 350 g/mol. The molecule has 0 bridgehead atoms. The van der Waals surface area contributed by atoms with Gasteiger partial charge in [0.05, 0.1) is 18.1 Å². The van der Waals surface area contributed by atoms with Crippen LogP contribution >= 0.6 is 0 Å². The van der Waals surface area contributed by atoms with Crippen LogP contribution in [0.4, 0.5) is 0 Å². The number of amides is 1. The normalized spacial score (nSPS) is 16.8. The molecular formula is C20H18N2O4. The van der Waals surface area contributed by atoms with E-state index in [2.05, 4.69) is 4.98 Å². The molecule has 132 valence electrons. The number of nitrogens with zero attached hydrogens (tertiary/aromatic N) is 2. The third-order valence-electron chi connectivity index (χ3n) is 4.42. The van der Waals surface area contributed by atoms with Gasteiger partial charge in [-0.15, -0.1) is 0 Å². The lowest BCUT2D eigenvalue weighted by Gasteiger charge is -2.17. The van der Waals surface area contributed by atoms with Crippen molar-refractivity contribution in [2.24, 2.45) is 0 Å². The van der Waals surface area contributed by atoms with Gasteiger partial charge in [-0.3, -0.25) is 4.79 Å². The first-order valence-electron chi connectivity index (χ1n) is 8.52. The summed E-state index contributed by atoms with van der Waals surface area (Å²) in [6.45, 7) is 2.76. The van der Waals surface area contributed by atoms with Crippen LogP contribution in [0.5, 0.6) is 5.75 Å². The molecule has 1 aliphatic rings. The van der Waals surface area contributed by atoms with Gasteiger partial charge >= 0.3 is 5.63 Å². The molecule has 1 saturated heterocycles. The van der Waals surface area contributed by atoms with Crippen molar-refractivity contribution in [1.29, 1.82) is 0 Å². The van der Waals surface area contributed by atoms with Gasteiger partial charge in [0.2, 0.25) is 0 Å². The highest BCUT2D eigenvalue weighted by Crippen LogP contribution is 2.20. The van der Waals surface area contributed by atoms with E-state index in [0.29, 0.717) is 36.7 Å². The number of ether oxygens (including phenoxy) is 1. The van der Waals surface area contributed by atoms with E-state index in [1.807, 2.05) is 30.3 Å². The second kappa shape index (κ2) is 6.63. The Morgan fingerprint density at radius 1 is 1.23 bits per heavy atom. The van der Waals surface area contributed by atoms with Crippen LogP contribution in [0.15, 0.2) is 57.7 Å². The van der Waals surface area contributed by atoms with Gasteiger partial charge in [-0.05, 0) is 19.1 Å². The molecule has 1 amide bonds. The summed E-state index contributed by atoms with van der Waals surface area (Å²) in [4.78, 5) is 30.4. The number of benzene rings is 1. The number of carbonyl (C=O) groups is 1. The van der Waals surface area contributed by atoms with Crippen molar-refractivity contribution in [1.82, 2.24) is 9.88 Å². The third-order valence-corrected chi connectivity index (χ3v) is 4.42. The second-order valence-corrected chi connectivity index (χ2v) is 6.39. The van der Waals surface area contributed by atoms with Gasteiger partial charge in [-0.25, -0.2) is 9.78 Å². The molecule has 3 aromatic rings. The number of carbonyl (C=O) groups excluding carboxylic acids is 1. The molecule has 1 atom stereocenters. The molecule has 1 aromatic carbocycles. The van der Waals surface area contributed by atoms with Crippen LogP contribution in [0.25, 0.3) is 10.9 Å². The molecule has 0 radical (unpaired) electrons. The Morgan fingerprint density at radius 2 is 2.08 bits per heavy atom. The Bertz CT molecular complexity index is 1030. The minimum Gasteiger partial charge on any atom is -0.488 e. The van der Waals surface area contributed by atoms with E-state index in [-0.39, 0.29) is 12.0 Å². The van der Waals surface area contributed by atoms with E-state index < -0.39 is 5.63 Å². The molecule has 1 aliphatic heterocycles. The van der Waals surface area contributed by atoms with Crippen molar-refractivity contribution in [3.05, 3.63) is 70.4 Å². The fraction of sp³-hybridized carbons (Fsp3) is 0.250. The number of aromatic nitrogens is 1. The standard InChI is InChI=1S/C20H18N2O4/c1-13-10-16(11-19(23)25-13)26-15-8-9-22(12-15)20(24)18-7-6-14-4-2-3-5-17(14)21-18/h2-7,10-11,15H,8-9,12H2,1H3. The lowest BCUT2D eigenvalue weighted by atomic mass is 10.2. The van der Waals surface area contributed by atoms with E-state index >= 15 is 0 Å². The van der Waals surface area contributed by atoms with Gasteiger partial charge in [-0.2, -0.15) is 0 Å². The number of pyridine rings is 1. The SMILES string of the molecule is Cc1cc(OC2CCN(C(=O)c3ccc4ccccc4n3)C2)cc(=O)o1. The molecule has 6 heteroatoms. The monoisotopic (exact) mass is 350 g/mol. The first kappa shape index (κ1) is 16.3. The molecule has 0 aliphatic carbocycles. The third kappa shape index (κ3) is 3.31. The van der Waals surface area contributed by atoms with Gasteiger partial charge in [0.25, 0.3) is 5.91 Å². The summed E-state index contributed by atoms with van der Waals surface area (Å²) < 4.78 is 10.8. The largest absolute Gasteiger partial charge is 0.488 e. The fourth-order valence-corrected chi connectivity index (χ4v) is 3.19. The van der Waals surface area contributed by atoms with Crippen molar-refractivity contribution in [3.8, 4) is 5.75 Å². The molecule has 0 spiro atoms. The Kier molecular flexibility index (Phi) is 4.16. The quantitative estimate of drug-likeness (QED) is 0.726. The molecule has 1 unspecified atom stereocenters. The van der Waals surface area contributed by atoms with Crippen LogP contribution in [0, 0.1) is 6.92 Å². The minimum absolute atomic E-state index is 0.106. The molecule has 3 heterocycles. The Hall–Kier alpha value is -3.15. The maximum Gasteiger partial charge on any atom is 0.339 e. The van der Waals surface area contributed by atoms with E-state index in [9.17, 15) is 9.59 Å². The molecule has 0 saturated carbocycles. The van der Waals surface area contributed by atoms with Gasteiger partial charge in [0, 0.05) is 24.4 Å². The van der Waals surface area contributed by atoms with Crippen LogP contribution < -0.4 is 10.4 Å². The van der Waals surface area contributed by atoms with Crippen LogP contribution in [0.1, 0.15) is 22.7 Å². The van der Waals surface area contributed by atoms with E-state index in [4.69, 9.17) is 9.15 Å². The molecule has 2 aromatic heterocycles. The lowest BCUT2D eigenvalue weighted by Crippen LogP contribution is -2.31. The number of likely N-dealkylation sites (tertiary alicyclic amines) is 1. The fourth-order valence-electron chi connectivity index (χ4n) is 3.19.